The summed E-state index contributed by atoms with van der Waals surface area (Å²) in [7, 11) is 0. The molecule has 0 radical (unpaired) electrons. The Labute approximate surface area is 216 Å². The van der Waals surface area contributed by atoms with Gasteiger partial charge in [0, 0.05) is 20.6 Å². The van der Waals surface area contributed by atoms with E-state index in [0.717, 1.165) is 4.47 Å². The van der Waals surface area contributed by atoms with E-state index in [1.807, 2.05) is 0 Å². The second-order valence-electron chi connectivity index (χ2n) is 9.50. The lowest BCUT2D eigenvalue weighted by Crippen LogP contribution is -1.95. The summed E-state index contributed by atoms with van der Waals surface area (Å²) in [6.45, 7) is 0. The Hall–Kier alpha value is -4.14. The Bertz CT molecular complexity index is 2160. The molecule has 0 aliphatic rings. The molecular weight excluding hydrogens is 502 g/mol. The second kappa shape index (κ2) is 7.43. The summed E-state index contributed by atoms with van der Waals surface area (Å²) in [5, 5.41) is 12.8. The van der Waals surface area contributed by atoms with Crippen molar-refractivity contribution in [2.45, 2.75) is 0 Å². The van der Waals surface area contributed by atoms with Gasteiger partial charge in [0.2, 0.25) is 0 Å². The van der Waals surface area contributed by atoms with Gasteiger partial charge in [-0.2, -0.15) is 0 Å². The maximum absolute atomic E-state index is 3.74. The van der Waals surface area contributed by atoms with Gasteiger partial charge in [0.25, 0.3) is 0 Å². The van der Waals surface area contributed by atoms with Gasteiger partial charge in [0.05, 0.1) is 16.7 Å². The van der Waals surface area contributed by atoms with Crippen molar-refractivity contribution in [1.82, 2.24) is 4.57 Å². The normalized spacial score (nSPS) is 12.0. The van der Waals surface area contributed by atoms with E-state index < -0.39 is 0 Å². The summed E-state index contributed by atoms with van der Waals surface area (Å²) in [5.74, 6) is 0. The summed E-state index contributed by atoms with van der Waals surface area (Å²) >= 11 is 3.74. The van der Waals surface area contributed by atoms with E-state index in [1.165, 1.54) is 70.6 Å². The fourth-order valence-electron chi connectivity index (χ4n) is 6.05. The number of hydrogen-bond acceptors (Lipinski definition) is 0. The Morgan fingerprint density at radius 1 is 0.389 bits per heavy atom. The highest BCUT2D eigenvalue weighted by Gasteiger charge is 2.17. The van der Waals surface area contributed by atoms with Crippen LogP contribution in [0, 0.1) is 0 Å². The van der Waals surface area contributed by atoms with Gasteiger partial charge in [-0.05, 0) is 74.1 Å². The SMILES string of the molecule is Brc1ccc2c(c1)c1cc3c4ccccc4c4ccccc4c3cc1n2-c1cccc2ccccc12. The molecule has 0 atom stereocenters. The van der Waals surface area contributed by atoms with Crippen LogP contribution in [0.4, 0.5) is 0 Å². The second-order valence-corrected chi connectivity index (χ2v) is 10.4. The third kappa shape index (κ3) is 2.71. The van der Waals surface area contributed by atoms with Crippen LogP contribution < -0.4 is 0 Å². The third-order valence-electron chi connectivity index (χ3n) is 7.60. The average Bonchev–Trinajstić information content (AvgIpc) is 3.24. The summed E-state index contributed by atoms with van der Waals surface area (Å²) in [5.41, 5.74) is 3.65. The van der Waals surface area contributed by atoms with Crippen LogP contribution in [0.3, 0.4) is 0 Å². The molecule has 8 aromatic rings. The highest BCUT2D eigenvalue weighted by Crippen LogP contribution is 2.42. The van der Waals surface area contributed by atoms with Gasteiger partial charge in [-0.15, -0.1) is 0 Å². The standard InChI is InChI=1S/C34H20BrN/c35-22-16-17-33-30(18-22)31-19-28-26-13-5-3-11-24(26)25-12-4-6-14-27(25)29(28)20-34(31)36(33)32-15-7-9-21-8-1-2-10-23(21)32/h1-20H. The smallest absolute Gasteiger partial charge is 0.0547 e. The lowest BCUT2D eigenvalue weighted by atomic mass is 9.93. The summed E-state index contributed by atoms with van der Waals surface area (Å²) in [6.07, 6.45) is 0. The van der Waals surface area contributed by atoms with Gasteiger partial charge in [-0.1, -0.05) is 101 Å². The first kappa shape index (κ1) is 20.1. The fourth-order valence-corrected chi connectivity index (χ4v) is 6.41. The van der Waals surface area contributed by atoms with Crippen molar-refractivity contribution < 1.29 is 0 Å². The van der Waals surface area contributed by atoms with Crippen LogP contribution in [0.1, 0.15) is 0 Å². The predicted molar refractivity (Wildman–Crippen MR) is 159 cm³/mol. The number of fused-ring (bicyclic) bond motifs is 10. The molecule has 168 valence electrons. The number of benzene rings is 7. The van der Waals surface area contributed by atoms with E-state index in [2.05, 4.69) is 142 Å². The van der Waals surface area contributed by atoms with Gasteiger partial charge >= 0.3 is 0 Å². The van der Waals surface area contributed by atoms with Crippen molar-refractivity contribution >= 4 is 80.8 Å². The first-order valence-corrected chi connectivity index (χ1v) is 13.0. The number of hydrogen-bond donors (Lipinski definition) is 0. The Morgan fingerprint density at radius 2 is 0.944 bits per heavy atom. The molecular formula is C34H20BrN. The molecule has 0 N–H and O–H groups in total. The molecule has 7 aromatic carbocycles. The highest BCUT2D eigenvalue weighted by molar-refractivity contribution is 9.10. The predicted octanol–water partition coefficient (Wildman–Crippen LogP) is 10.2. The molecule has 0 amide bonds. The summed E-state index contributed by atoms with van der Waals surface area (Å²) in [4.78, 5) is 0. The van der Waals surface area contributed by atoms with Gasteiger partial charge in [-0.3, -0.25) is 0 Å². The van der Waals surface area contributed by atoms with Gasteiger partial charge in [-0.25, -0.2) is 0 Å². The largest absolute Gasteiger partial charge is 0.309 e. The van der Waals surface area contributed by atoms with E-state index in [1.54, 1.807) is 0 Å². The molecule has 0 saturated carbocycles. The first-order chi connectivity index (χ1) is 17.8. The van der Waals surface area contributed by atoms with Crippen LogP contribution in [0.5, 0.6) is 0 Å². The van der Waals surface area contributed by atoms with Crippen LogP contribution in [0.25, 0.3) is 70.6 Å². The van der Waals surface area contributed by atoms with Crippen molar-refractivity contribution in [2.75, 3.05) is 0 Å². The van der Waals surface area contributed by atoms with Crippen LogP contribution in [-0.2, 0) is 0 Å². The van der Waals surface area contributed by atoms with E-state index in [0.29, 0.717) is 0 Å². The molecule has 0 saturated heterocycles. The lowest BCUT2D eigenvalue weighted by Gasteiger charge is -2.13. The van der Waals surface area contributed by atoms with Crippen LogP contribution in [-0.4, -0.2) is 4.57 Å². The zero-order chi connectivity index (χ0) is 23.8. The van der Waals surface area contributed by atoms with Crippen molar-refractivity contribution in [3.05, 3.63) is 126 Å². The van der Waals surface area contributed by atoms with Gasteiger partial charge in [0.15, 0.2) is 0 Å². The molecule has 1 nitrogen and oxygen atoms in total. The summed E-state index contributed by atoms with van der Waals surface area (Å²) < 4.78 is 3.54. The molecule has 0 fully saturated rings. The average molecular weight is 522 g/mol. The summed E-state index contributed by atoms with van der Waals surface area (Å²) in [6, 6.07) is 44.3. The molecule has 36 heavy (non-hydrogen) atoms. The molecule has 0 bridgehead atoms. The zero-order valence-corrected chi connectivity index (χ0v) is 21.0. The van der Waals surface area contributed by atoms with Crippen LogP contribution in [0.2, 0.25) is 0 Å². The van der Waals surface area contributed by atoms with Crippen molar-refractivity contribution in [1.29, 1.82) is 0 Å². The quantitative estimate of drug-likeness (QED) is 0.189. The molecule has 1 heterocycles. The molecule has 0 aliphatic carbocycles. The zero-order valence-electron chi connectivity index (χ0n) is 19.4. The maximum atomic E-state index is 3.74. The van der Waals surface area contributed by atoms with Gasteiger partial charge in [0.1, 0.15) is 0 Å². The maximum Gasteiger partial charge on any atom is 0.0547 e. The van der Waals surface area contributed by atoms with E-state index in [9.17, 15) is 0 Å². The first-order valence-electron chi connectivity index (χ1n) is 12.2. The number of aromatic nitrogens is 1. The van der Waals surface area contributed by atoms with E-state index in [4.69, 9.17) is 0 Å². The highest BCUT2D eigenvalue weighted by atomic mass is 79.9. The molecule has 0 unspecified atom stereocenters. The van der Waals surface area contributed by atoms with Crippen molar-refractivity contribution in [3.8, 4) is 5.69 Å². The number of rotatable bonds is 1. The molecule has 0 spiro atoms. The Morgan fingerprint density at radius 3 is 1.67 bits per heavy atom. The molecule has 2 heteroatoms. The Balaban J connectivity index is 1.65. The topological polar surface area (TPSA) is 4.93 Å². The van der Waals surface area contributed by atoms with Crippen LogP contribution in [0.15, 0.2) is 126 Å². The van der Waals surface area contributed by atoms with Gasteiger partial charge < -0.3 is 4.57 Å². The molecule has 8 rings (SSSR count). The van der Waals surface area contributed by atoms with E-state index in [-0.39, 0.29) is 0 Å². The van der Waals surface area contributed by atoms with Crippen molar-refractivity contribution in [2.24, 2.45) is 0 Å². The molecule has 1 aromatic heterocycles. The fraction of sp³-hybridized carbons (Fsp3) is 0. The van der Waals surface area contributed by atoms with Crippen LogP contribution >= 0.6 is 15.9 Å². The van der Waals surface area contributed by atoms with Crippen molar-refractivity contribution in [3.63, 3.8) is 0 Å². The monoisotopic (exact) mass is 521 g/mol. The lowest BCUT2D eigenvalue weighted by molar-refractivity contribution is 1.20. The minimum Gasteiger partial charge on any atom is -0.309 e. The third-order valence-corrected chi connectivity index (χ3v) is 8.09. The molecule has 0 aliphatic heterocycles. The Kier molecular flexibility index (Phi) is 4.15. The minimum absolute atomic E-state index is 1.09. The minimum atomic E-state index is 1.09. The number of nitrogens with zero attached hydrogens (tertiary/aromatic N) is 1. The number of halogens is 1. The van der Waals surface area contributed by atoms with E-state index >= 15 is 0 Å².